The van der Waals surface area contributed by atoms with Gasteiger partial charge in [0, 0.05) is 5.57 Å². The number of rotatable bonds is 4. The van der Waals surface area contributed by atoms with Crippen LogP contribution in [0.1, 0.15) is 43.1 Å². The second-order valence-corrected chi connectivity index (χ2v) is 5.07. The SMILES string of the molecule is C=C(C)C(=O)OC(CC)c1ccc([Si])c(C)c1C. The van der Waals surface area contributed by atoms with E-state index >= 15 is 0 Å². The third kappa shape index (κ3) is 3.10. The number of hydrogen-bond donors (Lipinski definition) is 0. The summed E-state index contributed by atoms with van der Waals surface area (Å²) in [6, 6.07) is 4.00. The molecule has 1 atom stereocenters. The van der Waals surface area contributed by atoms with Gasteiger partial charge in [-0.2, -0.15) is 0 Å². The molecule has 2 nitrogen and oxygen atoms in total. The molecule has 0 N–H and O–H groups in total. The predicted octanol–water partition coefficient (Wildman–Crippen LogP) is 2.67. The Morgan fingerprint density at radius 1 is 1.39 bits per heavy atom. The molecule has 0 fully saturated rings. The van der Waals surface area contributed by atoms with Gasteiger partial charge in [-0.05, 0) is 43.9 Å². The van der Waals surface area contributed by atoms with Crippen LogP contribution in [-0.2, 0) is 9.53 Å². The van der Waals surface area contributed by atoms with Gasteiger partial charge in [-0.25, -0.2) is 4.79 Å². The molecule has 0 aliphatic rings. The van der Waals surface area contributed by atoms with Crippen LogP contribution in [-0.4, -0.2) is 16.2 Å². The lowest BCUT2D eigenvalue weighted by molar-refractivity contribution is -0.144. The summed E-state index contributed by atoms with van der Waals surface area (Å²) in [6.07, 6.45) is 0.542. The van der Waals surface area contributed by atoms with Crippen molar-refractivity contribution in [3.05, 3.63) is 41.0 Å². The van der Waals surface area contributed by atoms with E-state index < -0.39 is 0 Å². The molecular formula is C15H19O2Si. The largest absolute Gasteiger partial charge is 0.454 e. The zero-order valence-corrected chi connectivity index (χ0v) is 12.5. The van der Waals surface area contributed by atoms with E-state index in [0.717, 1.165) is 22.7 Å². The Morgan fingerprint density at radius 2 is 2.00 bits per heavy atom. The van der Waals surface area contributed by atoms with Gasteiger partial charge < -0.3 is 4.74 Å². The first-order chi connectivity index (χ1) is 8.38. The summed E-state index contributed by atoms with van der Waals surface area (Å²) in [5.74, 6) is -0.332. The summed E-state index contributed by atoms with van der Waals surface area (Å²) in [7, 11) is 3.56. The lowest BCUT2D eigenvalue weighted by atomic mass is 9.97. The van der Waals surface area contributed by atoms with Gasteiger partial charge in [-0.3, -0.25) is 0 Å². The van der Waals surface area contributed by atoms with Gasteiger partial charge in [0.15, 0.2) is 0 Å². The van der Waals surface area contributed by atoms with Gasteiger partial charge in [0.1, 0.15) is 6.10 Å². The van der Waals surface area contributed by atoms with E-state index in [4.69, 9.17) is 4.74 Å². The smallest absolute Gasteiger partial charge is 0.333 e. The van der Waals surface area contributed by atoms with Crippen LogP contribution in [0.2, 0.25) is 0 Å². The Morgan fingerprint density at radius 3 is 2.50 bits per heavy atom. The highest BCUT2D eigenvalue weighted by Gasteiger charge is 2.18. The van der Waals surface area contributed by atoms with Gasteiger partial charge in [-0.1, -0.05) is 30.8 Å². The van der Waals surface area contributed by atoms with Crippen LogP contribution in [0.4, 0.5) is 0 Å². The lowest BCUT2D eigenvalue weighted by Gasteiger charge is -2.20. The summed E-state index contributed by atoms with van der Waals surface area (Å²) in [6.45, 7) is 11.4. The summed E-state index contributed by atoms with van der Waals surface area (Å²) in [5, 5.41) is 1.07. The van der Waals surface area contributed by atoms with Gasteiger partial charge in [0.2, 0.25) is 0 Å². The van der Waals surface area contributed by atoms with Crippen molar-refractivity contribution in [1.82, 2.24) is 0 Å². The highest BCUT2D eigenvalue weighted by molar-refractivity contribution is 6.33. The first-order valence-corrected chi connectivity index (χ1v) is 6.56. The number of hydrogen-bond acceptors (Lipinski definition) is 2. The van der Waals surface area contributed by atoms with E-state index in [1.54, 1.807) is 6.92 Å². The molecular weight excluding hydrogens is 240 g/mol. The molecule has 0 saturated heterocycles. The molecule has 3 radical (unpaired) electrons. The maximum Gasteiger partial charge on any atom is 0.333 e. The summed E-state index contributed by atoms with van der Waals surface area (Å²) < 4.78 is 5.47. The van der Waals surface area contributed by atoms with Crippen LogP contribution in [0.5, 0.6) is 0 Å². The van der Waals surface area contributed by atoms with Gasteiger partial charge in [-0.15, -0.1) is 0 Å². The third-order valence-electron chi connectivity index (χ3n) is 3.14. The van der Waals surface area contributed by atoms with Crippen LogP contribution >= 0.6 is 0 Å². The van der Waals surface area contributed by atoms with Crippen LogP contribution in [0, 0.1) is 13.8 Å². The van der Waals surface area contributed by atoms with Crippen molar-refractivity contribution in [3.8, 4) is 0 Å². The van der Waals surface area contributed by atoms with Crippen molar-refractivity contribution >= 4 is 21.4 Å². The monoisotopic (exact) mass is 259 g/mol. The Bertz CT molecular complexity index is 478. The number of esters is 1. The molecule has 0 bridgehead atoms. The van der Waals surface area contributed by atoms with Crippen molar-refractivity contribution in [2.24, 2.45) is 0 Å². The number of carbonyl (C=O) groups excluding carboxylic acids is 1. The molecule has 0 aliphatic heterocycles. The standard InChI is InChI=1S/C15H19O2Si/c1-6-13(17-15(16)9(2)3)12-7-8-14(18)11(5)10(12)4/h7-8,13H,2,6H2,1,3-5H3. The van der Waals surface area contributed by atoms with Gasteiger partial charge in [0.05, 0.1) is 10.2 Å². The molecule has 1 aromatic rings. The molecule has 0 aromatic heterocycles. The van der Waals surface area contributed by atoms with Crippen molar-refractivity contribution in [2.45, 2.75) is 40.2 Å². The summed E-state index contributed by atoms with van der Waals surface area (Å²) >= 11 is 0. The zero-order valence-electron chi connectivity index (χ0n) is 11.5. The quantitative estimate of drug-likeness (QED) is 0.472. The predicted molar refractivity (Wildman–Crippen MR) is 75.2 cm³/mol. The molecule has 0 amide bonds. The van der Waals surface area contributed by atoms with E-state index in [1.165, 1.54) is 5.56 Å². The first-order valence-electron chi connectivity index (χ1n) is 6.06. The molecule has 95 valence electrons. The Balaban J connectivity index is 3.06. The molecule has 0 spiro atoms. The molecule has 1 unspecified atom stereocenters. The Labute approximate surface area is 112 Å². The van der Waals surface area contributed by atoms with Crippen molar-refractivity contribution in [1.29, 1.82) is 0 Å². The minimum atomic E-state index is -0.332. The topological polar surface area (TPSA) is 26.3 Å². The third-order valence-corrected chi connectivity index (χ3v) is 3.69. The molecule has 1 aromatic carbocycles. The van der Waals surface area contributed by atoms with Crippen LogP contribution in [0.3, 0.4) is 0 Å². The minimum absolute atomic E-state index is 0.208. The Hall–Kier alpha value is -1.35. The normalized spacial score (nSPS) is 12.1. The van der Waals surface area contributed by atoms with E-state index in [1.807, 2.05) is 26.0 Å². The lowest BCUT2D eigenvalue weighted by Crippen LogP contribution is -2.16. The second kappa shape index (κ2) is 6.00. The number of carbonyl (C=O) groups is 1. The molecule has 1 rings (SSSR count). The number of ether oxygens (including phenoxy) is 1. The zero-order chi connectivity index (χ0) is 13.9. The van der Waals surface area contributed by atoms with E-state index in [-0.39, 0.29) is 12.1 Å². The van der Waals surface area contributed by atoms with Crippen LogP contribution < -0.4 is 5.19 Å². The number of benzene rings is 1. The highest BCUT2D eigenvalue weighted by Crippen LogP contribution is 2.26. The fourth-order valence-corrected chi connectivity index (χ4v) is 2.06. The maximum absolute atomic E-state index is 11.6. The van der Waals surface area contributed by atoms with Crippen molar-refractivity contribution in [2.75, 3.05) is 0 Å². The van der Waals surface area contributed by atoms with Crippen molar-refractivity contribution in [3.63, 3.8) is 0 Å². The second-order valence-electron chi connectivity index (χ2n) is 4.53. The van der Waals surface area contributed by atoms with Crippen molar-refractivity contribution < 1.29 is 9.53 Å². The highest BCUT2D eigenvalue weighted by atomic mass is 28.1. The molecule has 0 saturated carbocycles. The summed E-state index contributed by atoms with van der Waals surface area (Å²) in [4.78, 5) is 11.6. The van der Waals surface area contributed by atoms with Gasteiger partial charge in [0.25, 0.3) is 0 Å². The fraction of sp³-hybridized carbons (Fsp3) is 0.400. The molecule has 0 heterocycles. The van der Waals surface area contributed by atoms with E-state index in [2.05, 4.69) is 23.7 Å². The van der Waals surface area contributed by atoms with Gasteiger partial charge >= 0.3 is 5.97 Å². The first kappa shape index (κ1) is 14.7. The average molecular weight is 259 g/mol. The van der Waals surface area contributed by atoms with Crippen LogP contribution in [0.15, 0.2) is 24.3 Å². The van der Waals surface area contributed by atoms with E-state index in [0.29, 0.717) is 5.57 Å². The summed E-state index contributed by atoms with van der Waals surface area (Å²) in [5.41, 5.74) is 3.82. The minimum Gasteiger partial charge on any atom is -0.454 e. The maximum atomic E-state index is 11.6. The molecule has 18 heavy (non-hydrogen) atoms. The average Bonchev–Trinajstić information content (AvgIpc) is 2.33. The molecule has 3 heteroatoms. The Kier molecular flexibility index (Phi) is 4.90. The molecule has 0 aliphatic carbocycles. The van der Waals surface area contributed by atoms with E-state index in [9.17, 15) is 4.79 Å². The fourth-order valence-electron chi connectivity index (χ4n) is 1.79. The van der Waals surface area contributed by atoms with Crippen LogP contribution in [0.25, 0.3) is 0 Å².